The first-order valence-electron chi connectivity index (χ1n) is 7.16. The third kappa shape index (κ3) is 2.61. The Labute approximate surface area is 123 Å². The van der Waals surface area contributed by atoms with Crippen molar-refractivity contribution < 1.29 is 9.13 Å². The maximum absolute atomic E-state index is 13.5. The fourth-order valence-corrected chi connectivity index (χ4v) is 2.61. The summed E-state index contributed by atoms with van der Waals surface area (Å²) < 4.78 is 18.6. The second-order valence-corrected chi connectivity index (χ2v) is 5.12. The van der Waals surface area contributed by atoms with Crippen LogP contribution in [0.5, 0.6) is 5.75 Å². The van der Waals surface area contributed by atoms with Crippen molar-refractivity contribution in [2.75, 3.05) is 7.11 Å². The normalized spacial score (nSPS) is 13.3. The van der Waals surface area contributed by atoms with Gasteiger partial charge in [0.05, 0.1) is 12.8 Å². The van der Waals surface area contributed by atoms with Gasteiger partial charge in [0, 0.05) is 29.9 Å². The van der Waals surface area contributed by atoms with Crippen LogP contribution in [0.3, 0.4) is 0 Å². The van der Waals surface area contributed by atoms with E-state index in [9.17, 15) is 4.39 Å². The molecule has 0 atom stereocenters. The van der Waals surface area contributed by atoms with Gasteiger partial charge in [0.2, 0.25) is 0 Å². The SMILES string of the molecule is CCCc1nc(-c2ccc(F)c(OC)c2)nc2c1CNC2. The summed E-state index contributed by atoms with van der Waals surface area (Å²) in [6.45, 7) is 3.73. The number of methoxy groups -OCH3 is 1. The minimum absolute atomic E-state index is 0.215. The van der Waals surface area contributed by atoms with E-state index in [-0.39, 0.29) is 11.6 Å². The van der Waals surface area contributed by atoms with Gasteiger partial charge in [-0.15, -0.1) is 0 Å². The van der Waals surface area contributed by atoms with Crippen LogP contribution in [0.4, 0.5) is 4.39 Å². The Bertz CT molecular complexity index is 673. The van der Waals surface area contributed by atoms with E-state index in [1.54, 1.807) is 12.1 Å². The van der Waals surface area contributed by atoms with Gasteiger partial charge in [0.1, 0.15) is 0 Å². The predicted octanol–water partition coefficient (Wildman–Crippen LogP) is 2.85. The molecule has 0 unspecified atom stereocenters. The molecule has 4 nitrogen and oxygen atoms in total. The molecule has 0 fully saturated rings. The standard InChI is InChI=1S/C16H18FN3O/c1-3-4-13-11-8-18-9-14(11)20-16(19-13)10-5-6-12(17)15(7-10)21-2/h5-7,18H,3-4,8-9H2,1-2H3. The van der Waals surface area contributed by atoms with Crippen LogP contribution in [0.1, 0.15) is 30.3 Å². The summed E-state index contributed by atoms with van der Waals surface area (Å²) in [6.07, 6.45) is 1.97. The highest BCUT2D eigenvalue weighted by molar-refractivity contribution is 5.59. The third-order valence-electron chi connectivity index (χ3n) is 3.67. The molecule has 0 bridgehead atoms. The second-order valence-electron chi connectivity index (χ2n) is 5.12. The van der Waals surface area contributed by atoms with Crippen LogP contribution in [-0.4, -0.2) is 17.1 Å². The summed E-state index contributed by atoms with van der Waals surface area (Å²) >= 11 is 0. The number of ether oxygens (including phenoxy) is 1. The van der Waals surface area contributed by atoms with E-state index in [0.29, 0.717) is 5.82 Å². The highest BCUT2D eigenvalue weighted by atomic mass is 19.1. The lowest BCUT2D eigenvalue weighted by Crippen LogP contribution is -2.04. The Hall–Kier alpha value is -2.01. The Kier molecular flexibility index (Phi) is 3.84. The molecule has 1 aliphatic heterocycles. The summed E-state index contributed by atoms with van der Waals surface area (Å²) in [5.41, 5.74) is 4.13. The highest BCUT2D eigenvalue weighted by Crippen LogP contribution is 2.27. The number of hydrogen-bond donors (Lipinski definition) is 1. The van der Waals surface area contributed by atoms with E-state index < -0.39 is 0 Å². The lowest BCUT2D eigenvalue weighted by atomic mass is 10.1. The van der Waals surface area contributed by atoms with Crippen molar-refractivity contribution in [2.24, 2.45) is 0 Å². The van der Waals surface area contributed by atoms with E-state index in [4.69, 9.17) is 4.74 Å². The van der Waals surface area contributed by atoms with Crippen LogP contribution in [0.25, 0.3) is 11.4 Å². The largest absolute Gasteiger partial charge is 0.494 e. The molecule has 110 valence electrons. The number of nitrogens with zero attached hydrogens (tertiary/aromatic N) is 2. The molecule has 1 aromatic carbocycles. The number of benzene rings is 1. The van der Waals surface area contributed by atoms with Crippen LogP contribution >= 0.6 is 0 Å². The summed E-state index contributed by atoms with van der Waals surface area (Å²) in [4.78, 5) is 9.30. The molecule has 1 N–H and O–H groups in total. The molecular formula is C16H18FN3O. The molecule has 1 aliphatic rings. The van der Waals surface area contributed by atoms with Crippen molar-refractivity contribution in [2.45, 2.75) is 32.9 Å². The Morgan fingerprint density at radius 3 is 2.90 bits per heavy atom. The van der Waals surface area contributed by atoms with Crippen molar-refractivity contribution in [1.29, 1.82) is 0 Å². The van der Waals surface area contributed by atoms with E-state index in [0.717, 1.165) is 42.9 Å². The fraction of sp³-hybridized carbons (Fsp3) is 0.375. The Morgan fingerprint density at radius 1 is 1.29 bits per heavy atom. The molecule has 0 amide bonds. The molecular weight excluding hydrogens is 269 g/mol. The number of aryl methyl sites for hydroxylation is 1. The first-order chi connectivity index (χ1) is 10.2. The predicted molar refractivity (Wildman–Crippen MR) is 78.5 cm³/mol. The number of halogens is 1. The Morgan fingerprint density at radius 2 is 2.14 bits per heavy atom. The van der Waals surface area contributed by atoms with E-state index >= 15 is 0 Å². The van der Waals surface area contributed by atoms with Gasteiger partial charge in [-0.3, -0.25) is 0 Å². The molecule has 0 aliphatic carbocycles. The van der Waals surface area contributed by atoms with Gasteiger partial charge >= 0.3 is 0 Å². The van der Waals surface area contributed by atoms with Crippen molar-refractivity contribution >= 4 is 0 Å². The number of nitrogens with one attached hydrogen (secondary N) is 1. The summed E-state index contributed by atoms with van der Waals surface area (Å²) in [7, 11) is 1.46. The zero-order chi connectivity index (χ0) is 14.8. The lowest BCUT2D eigenvalue weighted by molar-refractivity contribution is 0.386. The van der Waals surface area contributed by atoms with Gasteiger partial charge in [-0.1, -0.05) is 13.3 Å². The number of rotatable bonds is 4. The van der Waals surface area contributed by atoms with E-state index in [2.05, 4.69) is 22.2 Å². The maximum Gasteiger partial charge on any atom is 0.165 e. The lowest BCUT2D eigenvalue weighted by Gasteiger charge is -2.10. The maximum atomic E-state index is 13.5. The van der Waals surface area contributed by atoms with E-state index in [1.807, 2.05) is 0 Å². The van der Waals surface area contributed by atoms with Gasteiger partial charge in [-0.2, -0.15) is 0 Å². The summed E-state index contributed by atoms with van der Waals surface area (Å²) in [6, 6.07) is 4.73. The van der Waals surface area contributed by atoms with Gasteiger partial charge < -0.3 is 10.1 Å². The number of fused-ring (bicyclic) bond motifs is 1. The van der Waals surface area contributed by atoms with Gasteiger partial charge in [0.25, 0.3) is 0 Å². The third-order valence-corrected chi connectivity index (χ3v) is 3.67. The summed E-state index contributed by atoms with van der Waals surface area (Å²) in [5, 5.41) is 3.31. The molecule has 0 saturated carbocycles. The topological polar surface area (TPSA) is 47.0 Å². The number of hydrogen-bond acceptors (Lipinski definition) is 4. The molecule has 2 aromatic rings. The molecule has 21 heavy (non-hydrogen) atoms. The first-order valence-corrected chi connectivity index (χ1v) is 7.16. The summed E-state index contributed by atoms with van der Waals surface area (Å²) in [5.74, 6) is 0.476. The van der Waals surface area contributed by atoms with Gasteiger partial charge in [-0.25, -0.2) is 14.4 Å². The van der Waals surface area contributed by atoms with Crippen LogP contribution in [0.15, 0.2) is 18.2 Å². The smallest absolute Gasteiger partial charge is 0.165 e. The number of aromatic nitrogens is 2. The van der Waals surface area contributed by atoms with Crippen LogP contribution in [0, 0.1) is 5.82 Å². The average molecular weight is 287 g/mol. The van der Waals surface area contributed by atoms with Crippen molar-refractivity contribution in [1.82, 2.24) is 15.3 Å². The van der Waals surface area contributed by atoms with Crippen molar-refractivity contribution in [3.63, 3.8) is 0 Å². The molecule has 0 saturated heterocycles. The van der Waals surface area contributed by atoms with Gasteiger partial charge in [-0.05, 0) is 24.6 Å². The van der Waals surface area contributed by atoms with Crippen molar-refractivity contribution in [3.05, 3.63) is 41.0 Å². The zero-order valence-corrected chi connectivity index (χ0v) is 12.2. The molecule has 2 heterocycles. The van der Waals surface area contributed by atoms with E-state index in [1.165, 1.54) is 18.7 Å². The van der Waals surface area contributed by atoms with Crippen molar-refractivity contribution in [3.8, 4) is 17.1 Å². The first kappa shape index (κ1) is 13.9. The minimum Gasteiger partial charge on any atom is -0.494 e. The Balaban J connectivity index is 2.08. The molecule has 3 rings (SSSR count). The molecule has 1 aromatic heterocycles. The van der Waals surface area contributed by atoms with Crippen LogP contribution < -0.4 is 10.1 Å². The van der Waals surface area contributed by atoms with Gasteiger partial charge in [0.15, 0.2) is 17.4 Å². The quantitative estimate of drug-likeness (QED) is 0.939. The molecule has 0 spiro atoms. The zero-order valence-electron chi connectivity index (χ0n) is 12.2. The van der Waals surface area contributed by atoms with Crippen LogP contribution in [-0.2, 0) is 19.5 Å². The van der Waals surface area contributed by atoms with Crippen LogP contribution in [0.2, 0.25) is 0 Å². The molecule has 0 radical (unpaired) electrons. The fourth-order valence-electron chi connectivity index (χ4n) is 2.61. The average Bonchev–Trinajstić information content (AvgIpc) is 2.96. The second kappa shape index (κ2) is 5.77. The minimum atomic E-state index is -0.377. The molecule has 5 heteroatoms. The highest BCUT2D eigenvalue weighted by Gasteiger charge is 2.19. The monoisotopic (exact) mass is 287 g/mol.